The van der Waals surface area contributed by atoms with E-state index >= 15 is 0 Å². The summed E-state index contributed by atoms with van der Waals surface area (Å²) >= 11 is 0. The summed E-state index contributed by atoms with van der Waals surface area (Å²) in [6.45, 7) is 0.908. The van der Waals surface area contributed by atoms with Gasteiger partial charge >= 0.3 is 7.25 Å². The monoisotopic (exact) mass is 243 g/mol. The molecule has 6 N–H and O–H groups in total. The van der Waals surface area contributed by atoms with E-state index in [0.717, 1.165) is 13.0 Å². The van der Waals surface area contributed by atoms with Crippen molar-refractivity contribution in [2.75, 3.05) is 6.54 Å². The van der Waals surface area contributed by atoms with Gasteiger partial charge in [-0.25, -0.2) is 0 Å². The zero-order chi connectivity index (χ0) is 11.9. The second-order valence-electron chi connectivity index (χ2n) is 2.76. The third kappa shape index (κ3) is 12.7. The Labute approximate surface area is 90.3 Å². The van der Waals surface area contributed by atoms with Gasteiger partial charge in [-0.2, -0.15) is 0 Å². The van der Waals surface area contributed by atoms with Crippen molar-refractivity contribution in [3.05, 3.63) is 29.8 Å². The molecule has 1 aromatic carbocycles. The molecule has 0 saturated heterocycles. The molecule has 8 heteroatoms. The molecule has 0 bridgehead atoms. The number of hydrogen-bond donors (Lipinski definition) is 2. The third-order valence-corrected chi connectivity index (χ3v) is 1.40. The van der Waals surface area contributed by atoms with E-state index in [2.05, 4.69) is 5.73 Å². The highest BCUT2D eigenvalue weighted by molar-refractivity contribution is 6.50. The van der Waals surface area contributed by atoms with Crippen LogP contribution in [-0.2, 0) is 6.42 Å². The van der Waals surface area contributed by atoms with Gasteiger partial charge in [0.15, 0.2) is 0 Å². The van der Waals surface area contributed by atoms with Gasteiger partial charge in [-0.05, 0) is 17.7 Å². The molecule has 0 amide bonds. The number of benzene rings is 1. The first-order valence-electron chi connectivity index (χ1n) is 4.27. The zero-order valence-corrected chi connectivity index (χ0v) is 8.47. The Morgan fingerprint density at radius 1 is 1.06 bits per heavy atom. The van der Waals surface area contributed by atoms with Crippen LogP contribution in [0, 0.1) is 0 Å². The summed E-state index contributed by atoms with van der Waals surface area (Å²) < 4.78 is 39.0. The molecule has 0 atom stereocenters. The second kappa shape index (κ2) is 7.94. The first kappa shape index (κ1) is 17.1. The van der Waals surface area contributed by atoms with Crippen LogP contribution in [0.25, 0.3) is 0 Å². The van der Waals surface area contributed by atoms with Crippen LogP contribution in [-0.4, -0.2) is 24.4 Å². The number of rotatable bonds is 2. The quantitative estimate of drug-likeness (QED) is 0.580. The highest BCUT2D eigenvalue weighted by Gasteiger charge is 2.20. The van der Waals surface area contributed by atoms with Crippen molar-refractivity contribution in [3.8, 4) is 5.75 Å². The average Bonchev–Trinajstić information content (AvgIpc) is 2.06. The van der Waals surface area contributed by atoms with E-state index in [1.165, 1.54) is 5.56 Å². The van der Waals surface area contributed by atoms with Crippen LogP contribution in [0.2, 0.25) is 0 Å². The zero-order valence-electron chi connectivity index (χ0n) is 8.47. The average molecular weight is 243 g/mol. The van der Waals surface area contributed by atoms with Crippen LogP contribution in [0.4, 0.5) is 17.3 Å². The molecule has 0 saturated carbocycles. The van der Waals surface area contributed by atoms with Gasteiger partial charge < -0.3 is 33.6 Å². The fraction of sp³-hybridized carbons (Fsp3) is 0.250. The predicted octanol–water partition coefficient (Wildman–Crippen LogP) is 0.652. The molecule has 0 radical (unpaired) electrons. The molecule has 1 rings (SSSR count). The van der Waals surface area contributed by atoms with Gasteiger partial charge in [-0.1, -0.05) is 12.1 Å². The van der Waals surface area contributed by atoms with Crippen LogP contribution in [0.3, 0.4) is 0 Å². The molecule has 3 nitrogen and oxygen atoms in total. The lowest BCUT2D eigenvalue weighted by atomic mass is 10.1. The Hall–Kier alpha value is -1.28. The maximum atomic E-state index is 9.75. The Morgan fingerprint density at radius 2 is 1.44 bits per heavy atom. The Morgan fingerprint density at radius 3 is 1.75 bits per heavy atom. The van der Waals surface area contributed by atoms with E-state index in [-0.39, 0.29) is 5.48 Å². The van der Waals surface area contributed by atoms with E-state index in [4.69, 9.17) is 5.11 Å². The van der Waals surface area contributed by atoms with Gasteiger partial charge in [0, 0.05) is 6.42 Å². The molecule has 0 heterocycles. The third-order valence-electron chi connectivity index (χ3n) is 1.40. The Kier molecular flexibility index (Phi) is 8.51. The molecule has 94 valence electrons. The van der Waals surface area contributed by atoms with Crippen LogP contribution < -0.4 is 5.73 Å². The van der Waals surface area contributed by atoms with Crippen LogP contribution in [0.5, 0.6) is 5.75 Å². The normalized spacial score (nSPS) is 9.81. The van der Waals surface area contributed by atoms with Gasteiger partial charge in [0.2, 0.25) is 0 Å². The standard InChI is InChI=1S/C8H11NO.BF4.H2O/c9-6-5-7-1-3-8(10)4-2-7;2-1(3,4)5;/h1-4,10H,5-6,9H2;;1H2/q;-1;/p+1. The lowest BCUT2D eigenvalue weighted by Crippen LogP contribution is -2.51. The van der Waals surface area contributed by atoms with Gasteiger partial charge in [-0.15, -0.1) is 0 Å². The number of phenols is 1. The molecular weight excluding hydrogens is 229 g/mol. The van der Waals surface area contributed by atoms with E-state index in [1.54, 1.807) is 12.1 Å². The van der Waals surface area contributed by atoms with Gasteiger partial charge in [0.05, 0.1) is 6.54 Å². The highest BCUT2D eigenvalue weighted by atomic mass is 19.5. The van der Waals surface area contributed by atoms with E-state index in [1.807, 2.05) is 12.1 Å². The molecule has 0 spiro atoms. The Balaban J connectivity index is 0. The topological polar surface area (TPSA) is 79.4 Å². The number of halogens is 4. The lowest BCUT2D eigenvalue weighted by Gasteiger charge is -1.95. The summed E-state index contributed by atoms with van der Waals surface area (Å²) in [5.41, 5.74) is 4.97. The molecule has 0 fully saturated rings. The highest BCUT2D eigenvalue weighted by Crippen LogP contribution is 2.09. The smallest absolute Gasteiger partial charge is 0.508 e. The number of phenolic OH excluding ortho intramolecular Hbond substituents is 1. The van der Waals surface area contributed by atoms with Crippen molar-refractivity contribution in [1.82, 2.24) is 0 Å². The van der Waals surface area contributed by atoms with E-state index < -0.39 is 7.25 Å². The SMILES string of the molecule is F[B-](F)(F)F.O.[NH3+]CCc1ccc(O)cc1. The van der Waals surface area contributed by atoms with E-state index in [9.17, 15) is 17.3 Å². The summed E-state index contributed by atoms with van der Waals surface area (Å²) in [5.74, 6) is 0.327. The maximum absolute atomic E-state index is 9.75. The summed E-state index contributed by atoms with van der Waals surface area (Å²) in [5, 5.41) is 8.91. The molecule has 0 aromatic heterocycles. The first-order chi connectivity index (χ1) is 6.83. The van der Waals surface area contributed by atoms with Crippen molar-refractivity contribution in [2.45, 2.75) is 6.42 Å². The second-order valence-corrected chi connectivity index (χ2v) is 2.76. The van der Waals surface area contributed by atoms with Crippen LogP contribution in [0.1, 0.15) is 5.56 Å². The predicted molar refractivity (Wildman–Crippen MR) is 53.4 cm³/mol. The van der Waals surface area contributed by atoms with Crippen LogP contribution in [0.15, 0.2) is 24.3 Å². The number of aromatic hydroxyl groups is 1. The summed E-state index contributed by atoms with van der Waals surface area (Å²) in [4.78, 5) is 0. The van der Waals surface area contributed by atoms with Crippen molar-refractivity contribution in [2.24, 2.45) is 0 Å². The number of quaternary nitrogens is 1. The first-order valence-corrected chi connectivity index (χ1v) is 4.27. The Bertz CT molecular complexity index is 272. The minimum absolute atomic E-state index is 0. The minimum Gasteiger partial charge on any atom is -0.508 e. The molecule has 0 unspecified atom stereocenters. The van der Waals surface area contributed by atoms with Gasteiger partial charge in [-0.3, -0.25) is 0 Å². The minimum atomic E-state index is -6.00. The largest absolute Gasteiger partial charge is 0.673 e. The molecule has 16 heavy (non-hydrogen) atoms. The summed E-state index contributed by atoms with van der Waals surface area (Å²) in [7, 11) is -6.00. The van der Waals surface area contributed by atoms with Crippen molar-refractivity contribution in [3.63, 3.8) is 0 Å². The molecular formula is C8H14BF4NO2. The number of hydrogen-bond acceptors (Lipinski definition) is 1. The lowest BCUT2D eigenvalue weighted by molar-refractivity contribution is -0.366. The van der Waals surface area contributed by atoms with Crippen molar-refractivity contribution in [1.29, 1.82) is 0 Å². The molecule has 1 aromatic rings. The fourth-order valence-electron chi connectivity index (χ4n) is 0.867. The van der Waals surface area contributed by atoms with Crippen molar-refractivity contribution < 1.29 is 33.6 Å². The molecule has 0 aliphatic carbocycles. The van der Waals surface area contributed by atoms with Gasteiger partial charge in [0.25, 0.3) is 0 Å². The summed E-state index contributed by atoms with van der Waals surface area (Å²) in [6.07, 6.45) is 0.986. The summed E-state index contributed by atoms with van der Waals surface area (Å²) in [6, 6.07) is 7.23. The van der Waals surface area contributed by atoms with Crippen LogP contribution >= 0.6 is 0 Å². The van der Waals surface area contributed by atoms with E-state index in [0.29, 0.717) is 5.75 Å². The van der Waals surface area contributed by atoms with Gasteiger partial charge in [0.1, 0.15) is 5.75 Å². The molecule has 0 aliphatic rings. The maximum Gasteiger partial charge on any atom is 0.673 e. The fourth-order valence-corrected chi connectivity index (χ4v) is 0.867. The molecule has 0 aliphatic heterocycles. The van der Waals surface area contributed by atoms with Crippen molar-refractivity contribution >= 4 is 7.25 Å².